The average Bonchev–Trinajstić information content (AvgIpc) is 3.59. The van der Waals surface area contributed by atoms with E-state index in [1.165, 1.54) is 0 Å². The number of imidazole rings is 1. The predicted molar refractivity (Wildman–Crippen MR) is 128 cm³/mol. The Morgan fingerprint density at radius 3 is 2.62 bits per heavy atom. The van der Waals surface area contributed by atoms with E-state index in [0.29, 0.717) is 37.5 Å². The SMILES string of the molecule is COCCn1c(CN(C[C@@H]2CCCO2)C(=O)C2CCCC2)cnc1S(=O)(=O)Cc1ccccc1. The van der Waals surface area contributed by atoms with Crippen molar-refractivity contribution in [3.8, 4) is 0 Å². The van der Waals surface area contributed by atoms with Gasteiger partial charge in [0.2, 0.25) is 20.9 Å². The summed E-state index contributed by atoms with van der Waals surface area (Å²) in [5.41, 5.74) is 1.41. The molecule has 9 heteroatoms. The predicted octanol–water partition coefficient (Wildman–Crippen LogP) is 3.20. The molecule has 8 nitrogen and oxygen atoms in total. The third-order valence-corrected chi connectivity index (χ3v) is 8.31. The molecule has 0 unspecified atom stereocenters. The van der Waals surface area contributed by atoms with Crippen LogP contribution in [0.25, 0.3) is 0 Å². The van der Waals surface area contributed by atoms with Gasteiger partial charge in [-0.1, -0.05) is 43.2 Å². The summed E-state index contributed by atoms with van der Waals surface area (Å²) >= 11 is 0. The minimum Gasteiger partial charge on any atom is -0.383 e. The van der Waals surface area contributed by atoms with Crippen LogP contribution in [0.2, 0.25) is 0 Å². The van der Waals surface area contributed by atoms with Crippen LogP contribution in [0.4, 0.5) is 0 Å². The average molecular weight is 490 g/mol. The van der Waals surface area contributed by atoms with Crippen molar-refractivity contribution in [2.24, 2.45) is 5.92 Å². The highest BCUT2D eigenvalue weighted by atomic mass is 32.2. The zero-order valence-electron chi connectivity index (χ0n) is 19.9. The van der Waals surface area contributed by atoms with Crippen molar-refractivity contribution >= 4 is 15.7 Å². The topological polar surface area (TPSA) is 90.7 Å². The quantitative estimate of drug-likeness (QED) is 0.481. The number of hydrogen-bond acceptors (Lipinski definition) is 6. The second kappa shape index (κ2) is 11.5. The first-order valence-corrected chi connectivity index (χ1v) is 13.8. The van der Waals surface area contributed by atoms with Gasteiger partial charge in [-0.05, 0) is 31.2 Å². The summed E-state index contributed by atoms with van der Waals surface area (Å²) in [5, 5.41) is 0.0220. The van der Waals surface area contributed by atoms with Gasteiger partial charge in [0.05, 0.1) is 36.9 Å². The summed E-state index contributed by atoms with van der Waals surface area (Å²) < 4.78 is 39.3. The van der Waals surface area contributed by atoms with Gasteiger partial charge >= 0.3 is 0 Å². The maximum Gasteiger partial charge on any atom is 0.228 e. The van der Waals surface area contributed by atoms with Crippen LogP contribution in [0, 0.1) is 5.92 Å². The Labute approximate surface area is 202 Å². The van der Waals surface area contributed by atoms with Crippen molar-refractivity contribution in [1.29, 1.82) is 0 Å². The van der Waals surface area contributed by atoms with E-state index in [1.54, 1.807) is 30.0 Å². The first-order valence-electron chi connectivity index (χ1n) is 12.2. The maximum absolute atomic E-state index is 13.4. The lowest BCUT2D eigenvalue weighted by Crippen LogP contribution is -2.40. The zero-order valence-corrected chi connectivity index (χ0v) is 20.7. The van der Waals surface area contributed by atoms with Crippen molar-refractivity contribution in [2.75, 3.05) is 26.9 Å². The fraction of sp³-hybridized carbons (Fsp3) is 0.600. The van der Waals surface area contributed by atoms with Gasteiger partial charge in [0.1, 0.15) is 0 Å². The Bertz CT molecular complexity index is 1040. The van der Waals surface area contributed by atoms with Gasteiger partial charge in [0.25, 0.3) is 0 Å². The van der Waals surface area contributed by atoms with E-state index in [9.17, 15) is 13.2 Å². The Morgan fingerprint density at radius 1 is 1.18 bits per heavy atom. The van der Waals surface area contributed by atoms with Crippen LogP contribution in [0.5, 0.6) is 0 Å². The van der Waals surface area contributed by atoms with Gasteiger partial charge in [-0.15, -0.1) is 0 Å². The number of nitrogens with zero attached hydrogens (tertiary/aromatic N) is 3. The highest BCUT2D eigenvalue weighted by molar-refractivity contribution is 7.90. The van der Waals surface area contributed by atoms with Crippen LogP contribution < -0.4 is 0 Å². The number of amides is 1. The first-order chi connectivity index (χ1) is 16.5. The number of sulfone groups is 1. The van der Waals surface area contributed by atoms with Gasteiger partial charge < -0.3 is 18.9 Å². The lowest BCUT2D eigenvalue weighted by molar-refractivity contribution is -0.137. The molecule has 1 aliphatic heterocycles. The molecule has 2 fully saturated rings. The molecule has 1 atom stereocenters. The van der Waals surface area contributed by atoms with E-state index in [0.717, 1.165) is 45.1 Å². The number of ether oxygens (including phenoxy) is 2. The molecule has 1 saturated carbocycles. The zero-order chi connectivity index (χ0) is 24.0. The Morgan fingerprint density at radius 2 is 1.94 bits per heavy atom. The Balaban J connectivity index is 1.60. The van der Waals surface area contributed by atoms with Crippen molar-refractivity contribution in [3.05, 3.63) is 47.8 Å². The molecule has 1 aromatic carbocycles. The summed E-state index contributed by atoms with van der Waals surface area (Å²) in [6.07, 6.45) is 7.56. The second-order valence-corrected chi connectivity index (χ2v) is 11.1. The van der Waals surface area contributed by atoms with E-state index in [-0.39, 0.29) is 28.8 Å². The van der Waals surface area contributed by atoms with Crippen LogP contribution >= 0.6 is 0 Å². The molecule has 2 aromatic rings. The molecule has 2 aliphatic rings. The third-order valence-electron chi connectivity index (χ3n) is 6.72. The van der Waals surface area contributed by atoms with Crippen LogP contribution in [-0.2, 0) is 42.9 Å². The van der Waals surface area contributed by atoms with E-state index < -0.39 is 9.84 Å². The van der Waals surface area contributed by atoms with Crippen LogP contribution in [-0.4, -0.2) is 61.7 Å². The van der Waals surface area contributed by atoms with Gasteiger partial charge in [0, 0.05) is 32.7 Å². The number of aromatic nitrogens is 2. The second-order valence-electron chi connectivity index (χ2n) is 9.26. The highest BCUT2D eigenvalue weighted by Gasteiger charge is 2.32. The van der Waals surface area contributed by atoms with Gasteiger partial charge in [0.15, 0.2) is 0 Å². The molecule has 2 heterocycles. The minimum atomic E-state index is -3.68. The standard InChI is InChI=1S/C25H35N3O5S/c1-32-15-13-28-22(16-26-25(28)34(30,31)19-20-8-3-2-4-9-20)17-27(18-23-12-7-14-33-23)24(29)21-10-5-6-11-21/h2-4,8-9,16,21,23H,5-7,10-15,17-19H2,1H3/t23-/m0/s1. The number of hydrogen-bond donors (Lipinski definition) is 0. The molecule has 1 saturated heterocycles. The molecule has 186 valence electrons. The van der Waals surface area contributed by atoms with Crippen LogP contribution in [0.15, 0.2) is 41.7 Å². The summed E-state index contributed by atoms with van der Waals surface area (Å²) in [6, 6.07) is 9.10. The molecule has 0 N–H and O–H groups in total. The number of rotatable bonds is 11. The van der Waals surface area contributed by atoms with Gasteiger partial charge in [-0.3, -0.25) is 4.79 Å². The number of benzene rings is 1. The Hall–Kier alpha value is -2.23. The summed E-state index contributed by atoms with van der Waals surface area (Å²) in [4.78, 5) is 19.6. The molecular weight excluding hydrogens is 454 g/mol. The third kappa shape index (κ3) is 6.06. The van der Waals surface area contributed by atoms with Gasteiger partial charge in [-0.2, -0.15) is 0 Å². The molecular formula is C25H35N3O5S. The molecule has 0 bridgehead atoms. The minimum absolute atomic E-state index is 0.0220. The van der Waals surface area contributed by atoms with Crippen molar-refractivity contribution < 1.29 is 22.7 Å². The van der Waals surface area contributed by atoms with E-state index >= 15 is 0 Å². The molecule has 1 amide bonds. The number of methoxy groups -OCH3 is 1. The van der Waals surface area contributed by atoms with Crippen molar-refractivity contribution in [2.45, 2.75) is 68.6 Å². The van der Waals surface area contributed by atoms with Crippen molar-refractivity contribution in [3.63, 3.8) is 0 Å². The van der Waals surface area contributed by atoms with Crippen LogP contribution in [0.1, 0.15) is 49.8 Å². The summed E-state index contributed by atoms with van der Waals surface area (Å²) in [7, 11) is -2.09. The molecule has 1 aliphatic carbocycles. The van der Waals surface area contributed by atoms with E-state index in [2.05, 4.69) is 4.98 Å². The first kappa shape index (κ1) is 24.9. The lowest BCUT2D eigenvalue weighted by atomic mass is 10.1. The smallest absolute Gasteiger partial charge is 0.228 e. The Kier molecular flexibility index (Phi) is 8.39. The number of carbonyl (C=O) groups excluding carboxylic acids is 1. The molecule has 1 aromatic heterocycles. The van der Waals surface area contributed by atoms with Gasteiger partial charge in [-0.25, -0.2) is 13.4 Å². The van der Waals surface area contributed by atoms with E-state index in [4.69, 9.17) is 9.47 Å². The fourth-order valence-electron chi connectivity index (χ4n) is 4.94. The van der Waals surface area contributed by atoms with Crippen LogP contribution in [0.3, 0.4) is 0 Å². The summed E-state index contributed by atoms with van der Waals surface area (Å²) in [5.74, 6) is 0.0528. The monoisotopic (exact) mass is 489 g/mol. The normalized spacial score (nSPS) is 19.0. The largest absolute Gasteiger partial charge is 0.383 e. The molecule has 4 rings (SSSR count). The number of carbonyl (C=O) groups is 1. The summed E-state index contributed by atoms with van der Waals surface area (Å²) in [6.45, 7) is 2.26. The molecule has 0 radical (unpaired) electrons. The van der Waals surface area contributed by atoms with E-state index in [1.807, 2.05) is 23.1 Å². The maximum atomic E-state index is 13.4. The lowest BCUT2D eigenvalue weighted by Gasteiger charge is -2.28. The molecule has 0 spiro atoms. The molecule has 34 heavy (non-hydrogen) atoms. The van der Waals surface area contributed by atoms with Crippen molar-refractivity contribution in [1.82, 2.24) is 14.5 Å². The highest BCUT2D eigenvalue weighted by Crippen LogP contribution is 2.28. The fourth-order valence-corrected chi connectivity index (χ4v) is 6.46.